The van der Waals surface area contributed by atoms with Crippen molar-refractivity contribution >= 4 is 5.78 Å². The van der Waals surface area contributed by atoms with Crippen molar-refractivity contribution in [2.75, 3.05) is 6.54 Å². The summed E-state index contributed by atoms with van der Waals surface area (Å²) >= 11 is 0. The van der Waals surface area contributed by atoms with Crippen molar-refractivity contribution in [3.8, 4) is 0 Å². The monoisotopic (exact) mass is 211 g/mol. The van der Waals surface area contributed by atoms with Gasteiger partial charge in [-0.25, -0.2) is 0 Å². The molecule has 2 nitrogen and oxygen atoms in total. The number of hydrogen-bond donors (Lipinski definition) is 1. The third-order valence-electron chi connectivity index (χ3n) is 3.47. The summed E-state index contributed by atoms with van der Waals surface area (Å²) in [5, 5.41) is 3.50. The van der Waals surface area contributed by atoms with Crippen LogP contribution in [0.25, 0.3) is 0 Å². The molecular formula is C13H25NO. The number of ketones is 1. The minimum Gasteiger partial charge on any atom is -0.314 e. The van der Waals surface area contributed by atoms with Gasteiger partial charge in [0.1, 0.15) is 5.78 Å². The molecule has 0 atom stereocenters. The Morgan fingerprint density at radius 3 is 2.33 bits per heavy atom. The average molecular weight is 211 g/mol. The van der Waals surface area contributed by atoms with Crippen molar-refractivity contribution in [3.05, 3.63) is 0 Å². The Balaban J connectivity index is 2.22. The first kappa shape index (κ1) is 12.7. The lowest BCUT2D eigenvalue weighted by Crippen LogP contribution is -2.33. The Hall–Kier alpha value is -0.370. The summed E-state index contributed by atoms with van der Waals surface area (Å²) < 4.78 is 0. The molecule has 0 aromatic heterocycles. The molecule has 0 amide bonds. The van der Waals surface area contributed by atoms with Gasteiger partial charge in [0.05, 0.1) is 0 Å². The first-order valence-electron chi connectivity index (χ1n) is 6.39. The van der Waals surface area contributed by atoms with Crippen LogP contribution in [0.3, 0.4) is 0 Å². The molecule has 1 aliphatic rings. The molecule has 1 rings (SSSR count). The van der Waals surface area contributed by atoms with Crippen LogP contribution in [-0.2, 0) is 4.79 Å². The number of nitrogens with one attached hydrogen (secondary N) is 1. The van der Waals surface area contributed by atoms with Gasteiger partial charge in [-0.05, 0) is 38.1 Å². The lowest BCUT2D eigenvalue weighted by atomic mass is 9.82. The van der Waals surface area contributed by atoms with E-state index in [9.17, 15) is 4.79 Å². The molecule has 0 aromatic carbocycles. The van der Waals surface area contributed by atoms with Crippen LogP contribution < -0.4 is 5.32 Å². The molecule has 0 aromatic rings. The second-order valence-electron chi connectivity index (χ2n) is 5.10. The summed E-state index contributed by atoms with van der Waals surface area (Å²) in [5.41, 5.74) is 0. The van der Waals surface area contributed by atoms with Gasteiger partial charge in [-0.1, -0.05) is 20.8 Å². The maximum Gasteiger partial charge on any atom is 0.135 e. The average Bonchev–Trinajstić information content (AvgIpc) is 2.21. The van der Waals surface area contributed by atoms with Crippen molar-refractivity contribution < 1.29 is 4.79 Å². The maximum absolute atomic E-state index is 11.6. The molecule has 88 valence electrons. The van der Waals surface area contributed by atoms with Gasteiger partial charge in [0.25, 0.3) is 0 Å². The highest BCUT2D eigenvalue weighted by molar-refractivity contribution is 5.80. The summed E-state index contributed by atoms with van der Waals surface area (Å²) in [6.07, 6.45) is 5.79. The zero-order chi connectivity index (χ0) is 11.3. The zero-order valence-electron chi connectivity index (χ0n) is 10.4. The number of carbonyl (C=O) groups is 1. The van der Waals surface area contributed by atoms with Crippen molar-refractivity contribution in [1.82, 2.24) is 5.32 Å². The van der Waals surface area contributed by atoms with Gasteiger partial charge in [0.2, 0.25) is 0 Å². The highest BCUT2D eigenvalue weighted by Crippen LogP contribution is 2.27. The van der Waals surface area contributed by atoms with Crippen molar-refractivity contribution in [2.45, 2.75) is 58.9 Å². The molecule has 2 heteroatoms. The molecule has 0 aliphatic heterocycles. The molecule has 0 unspecified atom stereocenters. The number of rotatable bonds is 5. The van der Waals surface area contributed by atoms with Gasteiger partial charge in [-0.15, -0.1) is 0 Å². The van der Waals surface area contributed by atoms with E-state index in [1.807, 2.05) is 13.8 Å². The van der Waals surface area contributed by atoms with Gasteiger partial charge < -0.3 is 5.32 Å². The van der Waals surface area contributed by atoms with Crippen LogP contribution in [0.1, 0.15) is 52.9 Å². The van der Waals surface area contributed by atoms with Crippen LogP contribution in [-0.4, -0.2) is 18.4 Å². The molecule has 1 aliphatic carbocycles. The summed E-state index contributed by atoms with van der Waals surface area (Å²) in [4.78, 5) is 11.6. The van der Waals surface area contributed by atoms with Gasteiger partial charge in [0.15, 0.2) is 0 Å². The Labute approximate surface area is 93.8 Å². The summed E-state index contributed by atoms with van der Waals surface area (Å²) in [7, 11) is 0. The number of carbonyl (C=O) groups excluding carboxylic acids is 1. The maximum atomic E-state index is 11.6. The smallest absolute Gasteiger partial charge is 0.135 e. The Morgan fingerprint density at radius 1 is 1.27 bits per heavy atom. The van der Waals surface area contributed by atoms with E-state index in [0.717, 1.165) is 13.0 Å². The largest absolute Gasteiger partial charge is 0.314 e. The Bertz CT molecular complexity index is 193. The van der Waals surface area contributed by atoms with E-state index in [1.54, 1.807) is 0 Å². The molecule has 0 bridgehead atoms. The summed E-state index contributed by atoms with van der Waals surface area (Å²) in [6.45, 7) is 7.24. The summed E-state index contributed by atoms with van der Waals surface area (Å²) in [5.74, 6) is 1.33. The van der Waals surface area contributed by atoms with E-state index in [0.29, 0.717) is 17.7 Å². The fourth-order valence-electron chi connectivity index (χ4n) is 2.38. The molecule has 0 heterocycles. The van der Waals surface area contributed by atoms with Crippen LogP contribution >= 0.6 is 0 Å². The third-order valence-corrected chi connectivity index (χ3v) is 3.47. The van der Waals surface area contributed by atoms with Crippen molar-refractivity contribution in [3.63, 3.8) is 0 Å². The van der Waals surface area contributed by atoms with E-state index in [-0.39, 0.29) is 5.92 Å². The number of hydrogen-bond acceptors (Lipinski definition) is 2. The standard InChI is InChI=1S/C13H25NO/c1-4-14-12-7-5-11(6-8-12)9-13(15)10(2)3/h10-12,14H,4-9H2,1-3H3. The topological polar surface area (TPSA) is 29.1 Å². The first-order chi connectivity index (χ1) is 7.13. The molecule has 1 fully saturated rings. The first-order valence-corrected chi connectivity index (χ1v) is 6.39. The fourth-order valence-corrected chi connectivity index (χ4v) is 2.38. The second kappa shape index (κ2) is 6.26. The second-order valence-corrected chi connectivity index (χ2v) is 5.10. The highest BCUT2D eigenvalue weighted by atomic mass is 16.1. The van der Waals surface area contributed by atoms with Gasteiger partial charge in [-0.2, -0.15) is 0 Å². The fraction of sp³-hybridized carbons (Fsp3) is 0.923. The number of Topliss-reactive ketones (excluding diaryl/α,β-unsaturated/α-hetero) is 1. The van der Waals surface area contributed by atoms with Crippen molar-refractivity contribution in [2.24, 2.45) is 11.8 Å². The lowest BCUT2D eigenvalue weighted by Gasteiger charge is -2.28. The van der Waals surface area contributed by atoms with E-state index in [4.69, 9.17) is 0 Å². The van der Waals surface area contributed by atoms with E-state index in [2.05, 4.69) is 12.2 Å². The van der Waals surface area contributed by atoms with Gasteiger partial charge >= 0.3 is 0 Å². The SMILES string of the molecule is CCNC1CCC(CC(=O)C(C)C)CC1. The molecule has 0 spiro atoms. The van der Waals surface area contributed by atoms with E-state index >= 15 is 0 Å². The van der Waals surface area contributed by atoms with Crippen LogP contribution in [0.4, 0.5) is 0 Å². The highest BCUT2D eigenvalue weighted by Gasteiger charge is 2.23. The summed E-state index contributed by atoms with van der Waals surface area (Å²) in [6, 6.07) is 0.709. The molecule has 15 heavy (non-hydrogen) atoms. The minimum atomic E-state index is 0.219. The molecule has 1 saturated carbocycles. The minimum absolute atomic E-state index is 0.219. The Kier molecular flexibility index (Phi) is 5.30. The van der Waals surface area contributed by atoms with Gasteiger partial charge in [-0.3, -0.25) is 4.79 Å². The third kappa shape index (κ3) is 4.33. The van der Waals surface area contributed by atoms with E-state index in [1.165, 1.54) is 25.7 Å². The normalized spacial score (nSPS) is 26.9. The van der Waals surface area contributed by atoms with Crippen LogP contribution in [0.2, 0.25) is 0 Å². The van der Waals surface area contributed by atoms with Gasteiger partial charge in [0, 0.05) is 18.4 Å². The predicted molar refractivity (Wildman–Crippen MR) is 63.9 cm³/mol. The van der Waals surface area contributed by atoms with Crippen LogP contribution in [0.15, 0.2) is 0 Å². The predicted octanol–water partition coefficient (Wildman–Crippen LogP) is 2.77. The van der Waals surface area contributed by atoms with Crippen molar-refractivity contribution in [1.29, 1.82) is 0 Å². The molecule has 1 N–H and O–H groups in total. The molecular weight excluding hydrogens is 186 g/mol. The van der Waals surface area contributed by atoms with Crippen LogP contribution in [0.5, 0.6) is 0 Å². The molecule has 0 saturated heterocycles. The molecule has 0 radical (unpaired) electrons. The zero-order valence-corrected chi connectivity index (χ0v) is 10.4. The quantitative estimate of drug-likeness (QED) is 0.757. The van der Waals surface area contributed by atoms with Crippen LogP contribution in [0, 0.1) is 11.8 Å². The Morgan fingerprint density at radius 2 is 1.87 bits per heavy atom. The van der Waals surface area contributed by atoms with E-state index < -0.39 is 0 Å². The lowest BCUT2D eigenvalue weighted by molar-refractivity contribution is -0.123.